The van der Waals surface area contributed by atoms with Crippen molar-refractivity contribution in [3.63, 3.8) is 0 Å². The molecule has 108 valence electrons. The van der Waals surface area contributed by atoms with Gasteiger partial charge in [-0.1, -0.05) is 36.7 Å². The Bertz CT molecular complexity index is 787. The standard InChI is InChI=1S/C17H18N2OS/c1-3-10-19-14-9-8-12(4-2)11-15(14)21-17(19)18-16(20)13-6-5-7-13/h1,8-9,11,13H,4-7,10H2,2H3. The quantitative estimate of drug-likeness (QED) is 0.802. The highest BCUT2D eigenvalue weighted by Gasteiger charge is 2.25. The van der Waals surface area contributed by atoms with Gasteiger partial charge in [0.1, 0.15) is 0 Å². The molecule has 1 heterocycles. The average Bonchev–Trinajstić information content (AvgIpc) is 2.74. The molecule has 0 unspecified atom stereocenters. The van der Waals surface area contributed by atoms with Crippen LogP contribution in [0.15, 0.2) is 23.2 Å². The first-order valence-corrected chi connectivity index (χ1v) is 8.19. The second kappa shape index (κ2) is 5.87. The van der Waals surface area contributed by atoms with Gasteiger partial charge in [-0.15, -0.1) is 6.42 Å². The SMILES string of the molecule is C#CCn1c(=NC(=O)C2CCC2)sc2cc(CC)ccc21. The normalized spacial score (nSPS) is 15.9. The van der Waals surface area contributed by atoms with E-state index in [0.717, 1.165) is 40.7 Å². The molecule has 0 saturated heterocycles. The second-order valence-electron chi connectivity index (χ2n) is 5.41. The van der Waals surface area contributed by atoms with Crippen LogP contribution in [0.25, 0.3) is 10.2 Å². The number of carbonyl (C=O) groups is 1. The minimum absolute atomic E-state index is 0.00860. The fourth-order valence-corrected chi connectivity index (χ4v) is 3.61. The van der Waals surface area contributed by atoms with Crippen molar-refractivity contribution in [3.8, 4) is 12.3 Å². The number of hydrogen-bond donors (Lipinski definition) is 0. The molecule has 1 fully saturated rings. The van der Waals surface area contributed by atoms with Gasteiger partial charge in [0.05, 0.1) is 16.8 Å². The molecule has 1 aliphatic rings. The van der Waals surface area contributed by atoms with Crippen LogP contribution in [0.1, 0.15) is 31.7 Å². The van der Waals surface area contributed by atoms with Crippen molar-refractivity contribution in [1.82, 2.24) is 4.57 Å². The van der Waals surface area contributed by atoms with Crippen LogP contribution >= 0.6 is 11.3 Å². The maximum absolute atomic E-state index is 12.1. The number of thiazole rings is 1. The van der Waals surface area contributed by atoms with Crippen molar-refractivity contribution in [2.75, 3.05) is 0 Å². The number of aromatic nitrogens is 1. The Labute approximate surface area is 128 Å². The van der Waals surface area contributed by atoms with Gasteiger partial charge in [0.2, 0.25) is 0 Å². The lowest BCUT2D eigenvalue weighted by Crippen LogP contribution is -2.24. The molecule has 0 atom stereocenters. The van der Waals surface area contributed by atoms with Gasteiger partial charge in [0, 0.05) is 5.92 Å². The number of benzene rings is 1. The molecule has 3 rings (SSSR count). The molecule has 1 aromatic carbocycles. The minimum Gasteiger partial charge on any atom is -0.305 e. The zero-order valence-corrected chi connectivity index (χ0v) is 12.9. The molecule has 0 radical (unpaired) electrons. The van der Waals surface area contributed by atoms with E-state index in [4.69, 9.17) is 6.42 Å². The number of nitrogens with zero attached hydrogens (tertiary/aromatic N) is 2. The third kappa shape index (κ3) is 2.66. The monoisotopic (exact) mass is 298 g/mol. The summed E-state index contributed by atoms with van der Waals surface area (Å²) in [5.41, 5.74) is 2.35. The van der Waals surface area contributed by atoms with E-state index in [9.17, 15) is 4.79 Å². The van der Waals surface area contributed by atoms with Crippen LogP contribution in [0.4, 0.5) is 0 Å². The highest BCUT2D eigenvalue weighted by atomic mass is 32.1. The number of terminal acetylenes is 1. The topological polar surface area (TPSA) is 34.4 Å². The number of hydrogen-bond acceptors (Lipinski definition) is 2. The summed E-state index contributed by atoms with van der Waals surface area (Å²) in [4.78, 5) is 17.2. The molecule has 0 spiro atoms. The zero-order valence-electron chi connectivity index (χ0n) is 12.1. The lowest BCUT2D eigenvalue weighted by molar-refractivity contribution is -0.124. The van der Waals surface area contributed by atoms with Crippen LogP contribution in [0, 0.1) is 18.3 Å². The summed E-state index contributed by atoms with van der Waals surface area (Å²) in [6.45, 7) is 2.58. The van der Waals surface area contributed by atoms with Gasteiger partial charge in [-0.2, -0.15) is 4.99 Å². The first-order chi connectivity index (χ1) is 10.2. The molecule has 21 heavy (non-hydrogen) atoms. The molecule has 0 bridgehead atoms. The average molecular weight is 298 g/mol. The maximum Gasteiger partial charge on any atom is 0.251 e. The Kier molecular flexibility index (Phi) is 3.94. The first kappa shape index (κ1) is 14.1. The second-order valence-corrected chi connectivity index (χ2v) is 6.42. The summed E-state index contributed by atoms with van der Waals surface area (Å²) >= 11 is 1.55. The van der Waals surface area contributed by atoms with Crippen molar-refractivity contribution in [1.29, 1.82) is 0 Å². The molecule has 1 aromatic heterocycles. The van der Waals surface area contributed by atoms with Crippen LogP contribution < -0.4 is 4.80 Å². The maximum atomic E-state index is 12.1. The lowest BCUT2D eigenvalue weighted by atomic mass is 9.85. The third-order valence-corrected chi connectivity index (χ3v) is 5.11. The van der Waals surface area contributed by atoms with Crippen molar-refractivity contribution in [2.24, 2.45) is 10.9 Å². The van der Waals surface area contributed by atoms with Gasteiger partial charge in [0.15, 0.2) is 4.80 Å². The molecule has 2 aromatic rings. The zero-order chi connectivity index (χ0) is 14.8. The summed E-state index contributed by atoms with van der Waals surface area (Å²) < 4.78 is 3.11. The van der Waals surface area contributed by atoms with Gasteiger partial charge in [0.25, 0.3) is 5.91 Å². The highest BCUT2D eigenvalue weighted by Crippen LogP contribution is 2.27. The van der Waals surface area contributed by atoms with Crippen molar-refractivity contribution in [2.45, 2.75) is 39.2 Å². The summed E-state index contributed by atoms with van der Waals surface area (Å²) in [5, 5.41) is 0. The summed E-state index contributed by atoms with van der Waals surface area (Å²) in [6.07, 6.45) is 9.56. The minimum atomic E-state index is 0.00860. The Morgan fingerprint density at radius 2 is 2.33 bits per heavy atom. The lowest BCUT2D eigenvalue weighted by Gasteiger charge is -2.20. The van der Waals surface area contributed by atoms with Crippen LogP contribution in [0.3, 0.4) is 0 Å². The predicted octanol–water partition coefficient (Wildman–Crippen LogP) is 3.13. The van der Waals surface area contributed by atoms with Gasteiger partial charge >= 0.3 is 0 Å². The number of fused-ring (bicyclic) bond motifs is 1. The van der Waals surface area contributed by atoms with Gasteiger partial charge in [-0.3, -0.25) is 4.79 Å². The van der Waals surface area contributed by atoms with Crippen molar-refractivity contribution >= 4 is 27.5 Å². The van der Waals surface area contributed by atoms with Crippen LogP contribution in [0.2, 0.25) is 0 Å². The number of aryl methyl sites for hydroxylation is 1. The Morgan fingerprint density at radius 3 is 2.95 bits per heavy atom. The number of rotatable bonds is 3. The van der Waals surface area contributed by atoms with Crippen molar-refractivity contribution in [3.05, 3.63) is 28.6 Å². The fraction of sp³-hybridized carbons (Fsp3) is 0.412. The summed E-state index contributed by atoms with van der Waals surface area (Å²) in [6, 6.07) is 6.36. The smallest absolute Gasteiger partial charge is 0.251 e. The van der Waals surface area contributed by atoms with E-state index in [0.29, 0.717) is 6.54 Å². The van der Waals surface area contributed by atoms with Crippen LogP contribution in [0.5, 0.6) is 0 Å². The predicted molar refractivity (Wildman–Crippen MR) is 85.9 cm³/mol. The Morgan fingerprint density at radius 1 is 1.52 bits per heavy atom. The molecule has 1 amide bonds. The van der Waals surface area contributed by atoms with E-state index < -0.39 is 0 Å². The van der Waals surface area contributed by atoms with E-state index in [-0.39, 0.29) is 11.8 Å². The first-order valence-electron chi connectivity index (χ1n) is 7.37. The van der Waals surface area contributed by atoms with Crippen molar-refractivity contribution < 1.29 is 4.79 Å². The summed E-state index contributed by atoms with van der Waals surface area (Å²) in [5.74, 6) is 2.79. The Balaban J connectivity index is 2.11. The van der Waals surface area contributed by atoms with E-state index >= 15 is 0 Å². The molecule has 0 aliphatic heterocycles. The molecule has 1 aliphatic carbocycles. The van der Waals surface area contributed by atoms with E-state index in [1.165, 1.54) is 5.56 Å². The van der Waals surface area contributed by atoms with Gasteiger partial charge in [-0.05, 0) is 37.0 Å². The van der Waals surface area contributed by atoms with E-state index in [1.807, 2.05) is 4.57 Å². The third-order valence-electron chi connectivity index (χ3n) is 4.07. The molecular weight excluding hydrogens is 280 g/mol. The number of amides is 1. The fourth-order valence-electron chi connectivity index (χ4n) is 2.51. The molecule has 1 saturated carbocycles. The van der Waals surface area contributed by atoms with E-state index in [2.05, 4.69) is 36.0 Å². The number of carbonyl (C=O) groups excluding carboxylic acids is 1. The molecule has 0 N–H and O–H groups in total. The summed E-state index contributed by atoms with van der Waals surface area (Å²) in [7, 11) is 0. The Hall–Kier alpha value is -1.86. The van der Waals surface area contributed by atoms with Gasteiger partial charge < -0.3 is 4.57 Å². The highest BCUT2D eigenvalue weighted by molar-refractivity contribution is 7.16. The molecule has 3 nitrogen and oxygen atoms in total. The van der Waals surface area contributed by atoms with Gasteiger partial charge in [-0.25, -0.2) is 0 Å². The molecular formula is C17H18N2OS. The van der Waals surface area contributed by atoms with Crippen LogP contribution in [-0.2, 0) is 17.8 Å². The van der Waals surface area contributed by atoms with E-state index in [1.54, 1.807) is 11.3 Å². The van der Waals surface area contributed by atoms with Crippen LogP contribution in [-0.4, -0.2) is 10.5 Å². The largest absolute Gasteiger partial charge is 0.305 e. The molecule has 4 heteroatoms.